The van der Waals surface area contributed by atoms with E-state index in [1.165, 1.54) is 148 Å². The summed E-state index contributed by atoms with van der Waals surface area (Å²) in [7, 11) is 0. The van der Waals surface area contributed by atoms with Crippen molar-refractivity contribution in [2.24, 2.45) is 0 Å². The number of carbonyl (C=O) groups is 2. The van der Waals surface area contributed by atoms with Crippen molar-refractivity contribution < 1.29 is 49.3 Å². The highest BCUT2D eigenvalue weighted by molar-refractivity contribution is 5.76. The zero-order chi connectivity index (χ0) is 51.7. The first-order valence-electron chi connectivity index (χ1n) is 29.8. The topological polar surface area (TPSA) is 175 Å². The van der Waals surface area contributed by atoms with Crippen LogP contribution in [-0.4, -0.2) is 100 Å². The lowest BCUT2D eigenvalue weighted by Gasteiger charge is -2.40. The van der Waals surface area contributed by atoms with Gasteiger partial charge in [0.15, 0.2) is 6.29 Å². The maximum atomic E-state index is 13.0. The molecule has 1 rings (SSSR count). The number of allylic oxidation sites excluding steroid dienone is 5. The number of ether oxygens (including phenoxy) is 3. The van der Waals surface area contributed by atoms with Crippen molar-refractivity contribution in [2.45, 2.75) is 314 Å². The van der Waals surface area contributed by atoms with Gasteiger partial charge in [0.2, 0.25) is 5.91 Å². The van der Waals surface area contributed by atoms with Crippen molar-refractivity contribution >= 4 is 11.9 Å². The summed E-state index contributed by atoms with van der Waals surface area (Å²) in [4.78, 5) is 25.1. The molecule has 416 valence electrons. The fourth-order valence-electron chi connectivity index (χ4n) is 9.23. The number of unbranched alkanes of at least 4 members (excludes halogenated alkanes) is 33. The molecule has 0 aromatic rings. The maximum absolute atomic E-state index is 13.0. The van der Waals surface area contributed by atoms with E-state index < -0.39 is 49.5 Å². The summed E-state index contributed by atoms with van der Waals surface area (Å²) in [6.45, 7) is 4.29. The average molecular weight is 1010 g/mol. The van der Waals surface area contributed by atoms with E-state index in [9.17, 15) is 35.1 Å². The van der Waals surface area contributed by atoms with Crippen LogP contribution in [0.3, 0.4) is 0 Å². The summed E-state index contributed by atoms with van der Waals surface area (Å²) >= 11 is 0. The van der Waals surface area contributed by atoms with E-state index in [-0.39, 0.29) is 18.5 Å². The van der Waals surface area contributed by atoms with Crippen molar-refractivity contribution in [2.75, 3.05) is 19.8 Å². The first kappa shape index (κ1) is 66.9. The van der Waals surface area contributed by atoms with Crippen LogP contribution in [0.25, 0.3) is 0 Å². The van der Waals surface area contributed by atoms with Gasteiger partial charge in [0.05, 0.1) is 32.0 Å². The first-order valence-corrected chi connectivity index (χ1v) is 29.8. The Hall–Kier alpha value is -2.12. The van der Waals surface area contributed by atoms with Crippen molar-refractivity contribution in [3.8, 4) is 0 Å². The Morgan fingerprint density at radius 3 is 1.42 bits per heavy atom. The van der Waals surface area contributed by atoms with Gasteiger partial charge in [-0.3, -0.25) is 9.59 Å². The maximum Gasteiger partial charge on any atom is 0.305 e. The second kappa shape index (κ2) is 50.1. The number of nitrogens with one attached hydrogen (secondary N) is 1. The number of amides is 1. The van der Waals surface area contributed by atoms with Crippen molar-refractivity contribution in [3.05, 3.63) is 36.5 Å². The molecule has 0 bridgehead atoms. The molecule has 0 radical (unpaired) electrons. The highest BCUT2D eigenvalue weighted by Crippen LogP contribution is 2.23. The lowest BCUT2D eigenvalue weighted by Crippen LogP contribution is -2.60. The molecule has 0 aromatic heterocycles. The van der Waals surface area contributed by atoms with E-state index in [4.69, 9.17) is 14.2 Å². The highest BCUT2D eigenvalue weighted by atomic mass is 16.7. The van der Waals surface area contributed by atoms with Crippen LogP contribution in [0.4, 0.5) is 0 Å². The summed E-state index contributed by atoms with van der Waals surface area (Å²) < 4.78 is 16.7. The van der Waals surface area contributed by atoms with E-state index in [0.29, 0.717) is 19.4 Å². The van der Waals surface area contributed by atoms with E-state index >= 15 is 0 Å². The van der Waals surface area contributed by atoms with Crippen LogP contribution in [-0.2, 0) is 23.8 Å². The summed E-state index contributed by atoms with van der Waals surface area (Å²) in [6.07, 6.45) is 50.8. The van der Waals surface area contributed by atoms with Gasteiger partial charge in [-0.1, -0.05) is 224 Å². The Labute approximate surface area is 434 Å². The molecule has 6 N–H and O–H groups in total. The lowest BCUT2D eigenvalue weighted by atomic mass is 9.99. The Morgan fingerprint density at radius 1 is 0.521 bits per heavy atom. The highest BCUT2D eigenvalue weighted by Gasteiger charge is 2.44. The second-order valence-corrected chi connectivity index (χ2v) is 20.7. The van der Waals surface area contributed by atoms with Gasteiger partial charge in [0, 0.05) is 12.8 Å². The number of aliphatic hydroxyl groups is 5. The lowest BCUT2D eigenvalue weighted by molar-refractivity contribution is -0.302. The molecule has 7 atom stereocenters. The van der Waals surface area contributed by atoms with E-state index in [0.717, 1.165) is 96.3 Å². The van der Waals surface area contributed by atoms with Crippen LogP contribution >= 0.6 is 0 Å². The van der Waals surface area contributed by atoms with Gasteiger partial charge in [0.25, 0.3) is 0 Å². The van der Waals surface area contributed by atoms with Gasteiger partial charge in [0.1, 0.15) is 24.4 Å². The molecule has 11 nitrogen and oxygen atoms in total. The minimum atomic E-state index is -1.58. The van der Waals surface area contributed by atoms with Crippen LogP contribution in [0.15, 0.2) is 36.5 Å². The van der Waals surface area contributed by atoms with Crippen LogP contribution in [0.5, 0.6) is 0 Å². The molecule has 1 saturated heterocycles. The molecule has 11 heteroatoms. The fourth-order valence-corrected chi connectivity index (χ4v) is 9.23. The molecule has 0 aromatic carbocycles. The Morgan fingerprint density at radius 2 is 0.944 bits per heavy atom. The largest absolute Gasteiger partial charge is 0.466 e. The third-order valence-corrected chi connectivity index (χ3v) is 14.0. The smallest absolute Gasteiger partial charge is 0.305 e. The molecule has 1 heterocycles. The summed E-state index contributed by atoms with van der Waals surface area (Å²) in [5.41, 5.74) is 0. The third kappa shape index (κ3) is 39.9. The molecule has 1 aliphatic heterocycles. The van der Waals surface area contributed by atoms with Gasteiger partial charge in [-0.05, 0) is 70.6 Å². The monoisotopic (exact) mass is 1010 g/mol. The summed E-state index contributed by atoms with van der Waals surface area (Å²) in [5, 5.41) is 54.4. The molecule has 71 heavy (non-hydrogen) atoms. The molecular formula is C60H111NO10. The third-order valence-electron chi connectivity index (χ3n) is 14.0. The Balaban J connectivity index is 2.17. The number of rotatable bonds is 51. The average Bonchev–Trinajstić information content (AvgIpc) is 3.37. The minimum Gasteiger partial charge on any atom is -0.466 e. The standard InChI is InChI=1S/C60H111NO10/c1-3-5-7-9-11-13-15-16-20-23-27-30-34-38-42-46-53(63)52(51-70-60-59(68)58(67)57(66)54(50-62)71-60)61-55(64)47-43-39-35-31-28-24-21-18-17-19-22-25-29-33-37-41-45-49-69-56(65)48-44-40-36-32-26-14-12-10-8-6-4-2/h17,19,25,29,42,46,52-54,57-60,62-63,66-68H,3-16,18,20-24,26-28,30-41,43-45,47-51H2,1-2H3,(H,61,64)/b19-17-,29-25-,46-42+. The molecule has 7 unspecified atom stereocenters. The van der Waals surface area contributed by atoms with Crippen molar-refractivity contribution in [1.29, 1.82) is 0 Å². The van der Waals surface area contributed by atoms with Gasteiger partial charge >= 0.3 is 5.97 Å². The van der Waals surface area contributed by atoms with E-state index in [2.05, 4.69) is 43.5 Å². The number of carbonyl (C=O) groups excluding carboxylic acids is 2. The number of hydrogen-bond acceptors (Lipinski definition) is 10. The molecule has 0 aliphatic carbocycles. The number of esters is 1. The Bertz CT molecular complexity index is 1280. The van der Waals surface area contributed by atoms with E-state index in [1.54, 1.807) is 6.08 Å². The predicted octanol–water partition coefficient (Wildman–Crippen LogP) is 13.5. The number of hydrogen-bond donors (Lipinski definition) is 6. The predicted molar refractivity (Wildman–Crippen MR) is 292 cm³/mol. The number of aliphatic hydroxyl groups excluding tert-OH is 5. The summed E-state index contributed by atoms with van der Waals surface area (Å²) in [6, 6.07) is -0.822. The van der Waals surface area contributed by atoms with Crippen molar-refractivity contribution in [1.82, 2.24) is 5.32 Å². The minimum absolute atomic E-state index is 0.0327. The van der Waals surface area contributed by atoms with Gasteiger partial charge < -0.3 is 45.1 Å². The zero-order valence-corrected chi connectivity index (χ0v) is 45.7. The van der Waals surface area contributed by atoms with Crippen molar-refractivity contribution in [3.63, 3.8) is 0 Å². The molecular weight excluding hydrogens is 895 g/mol. The van der Waals surface area contributed by atoms with Gasteiger partial charge in [-0.2, -0.15) is 0 Å². The van der Waals surface area contributed by atoms with E-state index in [1.807, 2.05) is 6.08 Å². The molecule has 0 saturated carbocycles. The summed E-state index contributed by atoms with van der Waals surface area (Å²) in [5.74, 6) is -0.230. The zero-order valence-electron chi connectivity index (χ0n) is 45.7. The van der Waals surface area contributed by atoms with Gasteiger partial charge in [-0.15, -0.1) is 0 Å². The van der Waals surface area contributed by atoms with Crippen LogP contribution in [0, 0.1) is 0 Å². The van der Waals surface area contributed by atoms with Crippen LogP contribution < -0.4 is 5.32 Å². The molecule has 1 fully saturated rings. The second-order valence-electron chi connectivity index (χ2n) is 20.7. The molecule has 1 aliphatic rings. The van der Waals surface area contributed by atoms with Gasteiger partial charge in [-0.25, -0.2) is 0 Å². The Kier molecular flexibility index (Phi) is 47.2. The SMILES string of the molecule is CCCCCCCCCCCCCCC/C=C/C(O)C(COC1OC(CO)C(O)C(O)C1O)NC(=O)CCCCCCCCC/C=C\C/C=C\CCCCCOC(=O)CCCCCCCCCCCCC. The fraction of sp³-hybridized carbons (Fsp3) is 0.867. The molecule has 1 amide bonds. The molecule has 0 spiro atoms. The normalized spacial score (nSPS) is 19.3. The first-order chi connectivity index (χ1) is 34.7. The van der Waals surface area contributed by atoms with Crippen LogP contribution in [0.1, 0.15) is 271 Å². The quantitative estimate of drug-likeness (QED) is 0.0195. The van der Waals surface area contributed by atoms with Crippen LogP contribution in [0.2, 0.25) is 0 Å².